The lowest BCUT2D eigenvalue weighted by Crippen LogP contribution is -1.84. The summed E-state index contributed by atoms with van der Waals surface area (Å²) in [4.78, 5) is 7.69. The van der Waals surface area contributed by atoms with Gasteiger partial charge in [0.2, 0.25) is 0 Å². The second-order valence-corrected chi connectivity index (χ2v) is 4.03. The maximum Gasteiger partial charge on any atom is 0.141 e. The van der Waals surface area contributed by atoms with Gasteiger partial charge in [-0.15, -0.1) is 0 Å². The number of aromatic hydroxyl groups is 1. The average molecular weight is 216 g/mol. The summed E-state index contributed by atoms with van der Waals surface area (Å²) in [5.41, 5.74) is 4.00. The van der Waals surface area contributed by atoms with Crippen molar-refractivity contribution in [1.82, 2.24) is 9.97 Å². The zero-order valence-electron chi connectivity index (χ0n) is 9.83. The standard InChI is InChI=1S/C13H16N2O/c1-4-11-9(3)14-13(15-11)10-7-8(2)5-6-12(10)16/h5-7,16H,4H2,1-3H3,(H,14,15). The number of aromatic nitrogens is 2. The van der Waals surface area contributed by atoms with E-state index in [0.717, 1.165) is 34.8 Å². The molecule has 3 heteroatoms. The van der Waals surface area contributed by atoms with Crippen LogP contribution in [0.4, 0.5) is 0 Å². The first-order valence-corrected chi connectivity index (χ1v) is 5.47. The number of phenols is 1. The molecule has 0 aliphatic rings. The Morgan fingerprint density at radius 1 is 1.31 bits per heavy atom. The van der Waals surface area contributed by atoms with Crippen LogP contribution in [0, 0.1) is 13.8 Å². The fourth-order valence-corrected chi connectivity index (χ4v) is 1.81. The molecule has 0 saturated carbocycles. The molecule has 0 radical (unpaired) electrons. The first kappa shape index (κ1) is 10.7. The topological polar surface area (TPSA) is 48.9 Å². The van der Waals surface area contributed by atoms with Crippen molar-refractivity contribution in [2.75, 3.05) is 0 Å². The predicted octanol–water partition coefficient (Wildman–Crippen LogP) is 2.96. The highest BCUT2D eigenvalue weighted by Gasteiger charge is 2.10. The highest BCUT2D eigenvalue weighted by atomic mass is 16.3. The van der Waals surface area contributed by atoms with Gasteiger partial charge >= 0.3 is 0 Å². The van der Waals surface area contributed by atoms with E-state index in [-0.39, 0.29) is 5.75 Å². The maximum atomic E-state index is 9.80. The van der Waals surface area contributed by atoms with Gasteiger partial charge in [0.1, 0.15) is 11.6 Å². The van der Waals surface area contributed by atoms with Crippen molar-refractivity contribution in [3.8, 4) is 17.1 Å². The first-order valence-electron chi connectivity index (χ1n) is 5.47. The first-order chi connectivity index (χ1) is 7.61. The van der Waals surface area contributed by atoms with Gasteiger partial charge in [0.25, 0.3) is 0 Å². The molecule has 1 aromatic heterocycles. The van der Waals surface area contributed by atoms with E-state index in [1.165, 1.54) is 0 Å². The highest BCUT2D eigenvalue weighted by molar-refractivity contribution is 5.65. The number of phenolic OH excluding ortho intramolecular Hbond substituents is 1. The summed E-state index contributed by atoms with van der Waals surface area (Å²) in [6, 6.07) is 5.52. The predicted molar refractivity (Wildman–Crippen MR) is 64.5 cm³/mol. The smallest absolute Gasteiger partial charge is 0.141 e. The quantitative estimate of drug-likeness (QED) is 0.810. The molecule has 0 atom stereocenters. The van der Waals surface area contributed by atoms with Crippen LogP contribution < -0.4 is 0 Å². The molecule has 0 bridgehead atoms. The third-order valence-electron chi connectivity index (χ3n) is 2.73. The van der Waals surface area contributed by atoms with E-state index in [0.29, 0.717) is 0 Å². The van der Waals surface area contributed by atoms with Gasteiger partial charge in [-0.3, -0.25) is 0 Å². The molecule has 1 aromatic carbocycles. The van der Waals surface area contributed by atoms with Gasteiger partial charge in [0, 0.05) is 5.69 Å². The van der Waals surface area contributed by atoms with E-state index in [2.05, 4.69) is 16.9 Å². The Bertz CT molecular complexity index is 515. The second-order valence-electron chi connectivity index (χ2n) is 4.03. The molecule has 84 valence electrons. The van der Waals surface area contributed by atoms with Crippen LogP contribution in [0.25, 0.3) is 11.4 Å². The number of rotatable bonds is 2. The van der Waals surface area contributed by atoms with Gasteiger partial charge in [0.15, 0.2) is 0 Å². The monoisotopic (exact) mass is 216 g/mol. The Labute approximate surface area is 95.2 Å². The molecule has 0 spiro atoms. The van der Waals surface area contributed by atoms with Gasteiger partial charge in [-0.25, -0.2) is 4.98 Å². The maximum absolute atomic E-state index is 9.80. The van der Waals surface area contributed by atoms with Crippen LogP contribution >= 0.6 is 0 Å². The third kappa shape index (κ3) is 1.81. The van der Waals surface area contributed by atoms with Gasteiger partial charge in [-0.2, -0.15) is 0 Å². The minimum atomic E-state index is 0.266. The molecule has 0 aliphatic heterocycles. The van der Waals surface area contributed by atoms with Crippen molar-refractivity contribution in [3.63, 3.8) is 0 Å². The van der Waals surface area contributed by atoms with E-state index >= 15 is 0 Å². The van der Waals surface area contributed by atoms with Crippen LogP contribution in [-0.4, -0.2) is 15.1 Å². The van der Waals surface area contributed by atoms with E-state index in [4.69, 9.17) is 0 Å². The van der Waals surface area contributed by atoms with Crippen molar-refractivity contribution < 1.29 is 5.11 Å². The summed E-state index contributed by atoms with van der Waals surface area (Å²) in [6.07, 6.45) is 0.898. The van der Waals surface area contributed by atoms with Gasteiger partial charge < -0.3 is 10.1 Å². The Morgan fingerprint density at radius 3 is 2.69 bits per heavy atom. The molecule has 0 aliphatic carbocycles. The normalized spacial score (nSPS) is 10.7. The number of imidazole rings is 1. The van der Waals surface area contributed by atoms with E-state index in [1.807, 2.05) is 26.0 Å². The number of H-pyrrole nitrogens is 1. The fourth-order valence-electron chi connectivity index (χ4n) is 1.81. The highest BCUT2D eigenvalue weighted by Crippen LogP contribution is 2.28. The number of benzene rings is 1. The van der Waals surface area contributed by atoms with Crippen LogP contribution in [-0.2, 0) is 6.42 Å². The largest absolute Gasteiger partial charge is 0.507 e. The molecule has 0 unspecified atom stereocenters. The van der Waals surface area contributed by atoms with Crippen LogP contribution in [0.15, 0.2) is 18.2 Å². The molecule has 0 saturated heterocycles. The van der Waals surface area contributed by atoms with Crippen molar-refractivity contribution in [2.24, 2.45) is 0 Å². The molecule has 2 N–H and O–H groups in total. The lowest BCUT2D eigenvalue weighted by Gasteiger charge is -2.02. The average Bonchev–Trinajstić information content (AvgIpc) is 2.63. The molecule has 2 rings (SSSR count). The lowest BCUT2D eigenvalue weighted by atomic mass is 10.1. The zero-order chi connectivity index (χ0) is 11.7. The summed E-state index contributed by atoms with van der Waals surface area (Å²) in [7, 11) is 0. The van der Waals surface area contributed by atoms with Gasteiger partial charge in [-0.1, -0.05) is 18.6 Å². The molecular formula is C13H16N2O. The Balaban J connectivity index is 2.53. The van der Waals surface area contributed by atoms with Gasteiger partial charge in [-0.05, 0) is 32.4 Å². The van der Waals surface area contributed by atoms with Crippen molar-refractivity contribution in [1.29, 1.82) is 0 Å². The molecule has 2 aromatic rings. The summed E-state index contributed by atoms with van der Waals surface area (Å²) in [6.45, 7) is 6.07. The second kappa shape index (κ2) is 4.00. The van der Waals surface area contributed by atoms with E-state index < -0.39 is 0 Å². The van der Waals surface area contributed by atoms with Crippen LogP contribution in [0.2, 0.25) is 0 Å². The number of nitrogens with one attached hydrogen (secondary N) is 1. The lowest BCUT2D eigenvalue weighted by molar-refractivity contribution is 0.477. The van der Waals surface area contributed by atoms with Crippen LogP contribution in [0.1, 0.15) is 23.9 Å². The molecule has 16 heavy (non-hydrogen) atoms. The SMILES string of the molecule is CCc1nc(-c2cc(C)ccc2O)[nH]c1C. The summed E-state index contributed by atoms with van der Waals surface area (Å²) < 4.78 is 0. The Kier molecular flexibility index (Phi) is 2.69. The number of hydrogen-bond donors (Lipinski definition) is 2. The van der Waals surface area contributed by atoms with Crippen molar-refractivity contribution in [3.05, 3.63) is 35.2 Å². The van der Waals surface area contributed by atoms with E-state index in [9.17, 15) is 5.11 Å². The molecule has 1 heterocycles. The number of aromatic amines is 1. The van der Waals surface area contributed by atoms with Crippen LogP contribution in [0.3, 0.4) is 0 Å². The summed E-state index contributed by atoms with van der Waals surface area (Å²) >= 11 is 0. The molecule has 0 amide bonds. The molecular weight excluding hydrogens is 200 g/mol. The number of hydrogen-bond acceptors (Lipinski definition) is 2. The molecule has 0 fully saturated rings. The van der Waals surface area contributed by atoms with Crippen molar-refractivity contribution >= 4 is 0 Å². The molecule has 3 nitrogen and oxygen atoms in total. The summed E-state index contributed by atoms with van der Waals surface area (Å²) in [5, 5.41) is 9.80. The number of nitrogens with zero attached hydrogens (tertiary/aromatic N) is 1. The number of aryl methyl sites for hydroxylation is 3. The Morgan fingerprint density at radius 2 is 2.06 bits per heavy atom. The minimum absolute atomic E-state index is 0.266. The van der Waals surface area contributed by atoms with Crippen molar-refractivity contribution in [2.45, 2.75) is 27.2 Å². The zero-order valence-corrected chi connectivity index (χ0v) is 9.83. The fraction of sp³-hybridized carbons (Fsp3) is 0.308. The third-order valence-corrected chi connectivity index (χ3v) is 2.73. The van der Waals surface area contributed by atoms with E-state index in [1.54, 1.807) is 6.07 Å². The van der Waals surface area contributed by atoms with Crippen LogP contribution in [0.5, 0.6) is 5.75 Å². The van der Waals surface area contributed by atoms with Gasteiger partial charge in [0.05, 0.1) is 11.3 Å². The minimum Gasteiger partial charge on any atom is -0.507 e. The summed E-state index contributed by atoms with van der Waals surface area (Å²) in [5.74, 6) is 1.01. The Hall–Kier alpha value is -1.77.